The van der Waals surface area contributed by atoms with Crippen LogP contribution in [0, 0.1) is 0 Å². The molecule has 0 heterocycles. The highest BCUT2D eigenvalue weighted by Crippen LogP contribution is 2.17. The van der Waals surface area contributed by atoms with Crippen LogP contribution in [-0.2, 0) is 4.74 Å². The Bertz CT molecular complexity index is 414. The largest absolute Gasteiger partial charge is 0.505 e. The number of carbonyl (C=O) groups is 1. The van der Waals surface area contributed by atoms with Gasteiger partial charge in [-0.1, -0.05) is 60.7 Å². The standard InChI is InChI=1S/C12H10.C3H6O3/c1-3-7-11(8-4-1)12-9-5-2-6-10-12;1-2-6-3(4)5/h1-10H;2H2,1H3,(H,4,5). The molecule has 94 valence electrons. The lowest BCUT2D eigenvalue weighted by atomic mass is 10.1. The summed E-state index contributed by atoms with van der Waals surface area (Å²) in [5, 5.41) is 7.69. The zero-order valence-electron chi connectivity index (χ0n) is 10.2. The average Bonchev–Trinajstić information content (AvgIpc) is 2.41. The third-order valence-corrected chi connectivity index (χ3v) is 2.15. The molecule has 0 radical (unpaired) electrons. The maximum Gasteiger partial charge on any atom is 0.505 e. The summed E-state index contributed by atoms with van der Waals surface area (Å²) in [6.07, 6.45) is -1.21. The minimum absolute atomic E-state index is 0.231. The molecular weight excluding hydrogens is 228 g/mol. The molecule has 0 bridgehead atoms. The van der Waals surface area contributed by atoms with Gasteiger partial charge in [0.05, 0.1) is 6.61 Å². The quantitative estimate of drug-likeness (QED) is 0.810. The molecule has 0 aliphatic heterocycles. The van der Waals surface area contributed by atoms with Crippen LogP contribution in [0.25, 0.3) is 11.1 Å². The van der Waals surface area contributed by atoms with Gasteiger partial charge in [0.1, 0.15) is 0 Å². The molecule has 0 unspecified atom stereocenters. The number of benzene rings is 2. The van der Waals surface area contributed by atoms with E-state index in [1.54, 1.807) is 6.92 Å². The second-order valence-corrected chi connectivity index (χ2v) is 3.43. The van der Waals surface area contributed by atoms with E-state index in [-0.39, 0.29) is 6.61 Å². The smallest absolute Gasteiger partial charge is 0.450 e. The van der Waals surface area contributed by atoms with Crippen molar-refractivity contribution in [2.75, 3.05) is 6.61 Å². The molecular formula is C15H16O3. The predicted octanol–water partition coefficient (Wildman–Crippen LogP) is 4.05. The topological polar surface area (TPSA) is 46.5 Å². The second-order valence-electron chi connectivity index (χ2n) is 3.43. The molecule has 0 saturated carbocycles. The van der Waals surface area contributed by atoms with Crippen LogP contribution in [0.5, 0.6) is 0 Å². The van der Waals surface area contributed by atoms with Crippen LogP contribution in [0.4, 0.5) is 4.79 Å². The molecule has 18 heavy (non-hydrogen) atoms. The van der Waals surface area contributed by atoms with Crippen molar-refractivity contribution in [2.45, 2.75) is 6.92 Å². The van der Waals surface area contributed by atoms with Crippen LogP contribution in [0.3, 0.4) is 0 Å². The molecule has 0 fully saturated rings. The summed E-state index contributed by atoms with van der Waals surface area (Å²) in [6, 6.07) is 20.8. The molecule has 0 aromatic heterocycles. The second kappa shape index (κ2) is 7.90. The van der Waals surface area contributed by atoms with Crippen molar-refractivity contribution in [1.29, 1.82) is 0 Å². The molecule has 3 heteroatoms. The van der Waals surface area contributed by atoms with Crippen LogP contribution in [0.15, 0.2) is 60.7 Å². The fourth-order valence-electron chi connectivity index (χ4n) is 1.38. The predicted molar refractivity (Wildman–Crippen MR) is 71.5 cm³/mol. The molecule has 0 aliphatic carbocycles. The first-order valence-corrected chi connectivity index (χ1v) is 5.70. The summed E-state index contributed by atoms with van der Waals surface area (Å²) < 4.78 is 3.96. The third-order valence-electron chi connectivity index (χ3n) is 2.15. The summed E-state index contributed by atoms with van der Waals surface area (Å²) >= 11 is 0. The van der Waals surface area contributed by atoms with Gasteiger partial charge in [0.15, 0.2) is 0 Å². The highest BCUT2D eigenvalue weighted by atomic mass is 16.7. The summed E-state index contributed by atoms with van der Waals surface area (Å²) in [6.45, 7) is 1.85. The van der Waals surface area contributed by atoms with Gasteiger partial charge in [0.2, 0.25) is 0 Å². The molecule has 1 N–H and O–H groups in total. The van der Waals surface area contributed by atoms with Crippen LogP contribution in [-0.4, -0.2) is 17.9 Å². The van der Waals surface area contributed by atoms with Crippen molar-refractivity contribution < 1.29 is 14.6 Å². The van der Waals surface area contributed by atoms with E-state index in [9.17, 15) is 4.79 Å². The van der Waals surface area contributed by atoms with Crippen molar-refractivity contribution in [3.63, 3.8) is 0 Å². The van der Waals surface area contributed by atoms with Crippen molar-refractivity contribution in [1.82, 2.24) is 0 Å². The Morgan fingerprint density at radius 1 is 0.944 bits per heavy atom. The first-order chi connectivity index (χ1) is 8.74. The SMILES string of the molecule is CCOC(=O)O.c1ccc(-c2ccccc2)cc1. The van der Waals surface area contributed by atoms with Gasteiger partial charge in [-0.15, -0.1) is 0 Å². The van der Waals surface area contributed by atoms with Gasteiger partial charge >= 0.3 is 6.16 Å². The van der Waals surface area contributed by atoms with E-state index in [0.717, 1.165) is 0 Å². The van der Waals surface area contributed by atoms with Crippen molar-refractivity contribution >= 4 is 6.16 Å². The highest BCUT2D eigenvalue weighted by Gasteiger charge is 1.91. The lowest BCUT2D eigenvalue weighted by molar-refractivity contribution is 0.0966. The van der Waals surface area contributed by atoms with Crippen LogP contribution >= 0.6 is 0 Å². The van der Waals surface area contributed by atoms with Gasteiger partial charge in [-0.3, -0.25) is 0 Å². The average molecular weight is 244 g/mol. The van der Waals surface area contributed by atoms with E-state index in [1.807, 2.05) is 12.1 Å². The fraction of sp³-hybridized carbons (Fsp3) is 0.133. The van der Waals surface area contributed by atoms with Crippen molar-refractivity contribution in [3.8, 4) is 11.1 Å². The van der Waals surface area contributed by atoms with Gasteiger partial charge in [-0.25, -0.2) is 4.79 Å². The van der Waals surface area contributed by atoms with Crippen molar-refractivity contribution in [2.24, 2.45) is 0 Å². The Balaban J connectivity index is 0.000000232. The van der Waals surface area contributed by atoms with Crippen LogP contribution in [0.1, 0.15) is 6.92 Å². The molecule has 2 rings (SSSR count). The monoisotopic (exact) mass is 244 g/mol. The molecule has 2 aromatic carbocycles. The normalized spacial score (nSPS) is 8.94. The number of ether oxygens (including phenoxy) is 1. The van der Waals surface area contributed by atoms with E-state index in [4.69, 9.17) is 5.11 Å². The maximum atomic E-state index is 9.38. The van der Waals surface area contributed by atoms with E-state index >= 15 is 0 Å². The first-order valence-electron chi connectivity index (χ1n) is 5.70. The minimum Gasteiger partial charge on any atom is -0.450 e. The Morgan fingerprint density at radius 2 is 1.33 bits per heavy atom. The number of hydrogen-bond acceptors (Lipinski definition) is 2. The Morgan fingerprint density at radius 3 is 1.56 bits per heavy atom. The third kappa shape index (κ3) is 5.16. The Hall–Kier alpha value is -2.29. The lowest BCUT2D eigenvalue weighted by Crippen LogP contribution is -1.97. The Kier molecular flexibility index (Phi) is 6.04. The van der Waals surface area contributed by atoms with E-state index in [1.165, 1.54) is 11.1 Å². The molecule has 0 saturated heterocycles. The zero-order chi connectivity index (χ0) is 13.2. The lowest BCUT2D eigenvalue weighted by Gasteiger charge is -1.98. The maximum absolute atomic E-state index is 9.38. The number of hydrogen-bond donors (Lipinski definition) is 1. The highest BCUT2D eigenvalue weighted by molar-refractivity contribution is 5.62. The molecule has 0 spiro atoms. The fourth-order valence-corrected chi connectivity index (χ4v) is 1.38. The summed E-state index contributed by atoms with van der Waals surface area (Å²) in [5.41, 5.74) is 2.55. The van der Waals surface area contributed by atoms with Gasteiger partial charge in [-0.2, -0.15) is 0 Å². The first kappa shape index (κ1) is 13.8. The number of rotatable bonds is 2. The number of carboxylic acid groups (broad SMARTS) is 1. The summed E-state index contributed by atoms with van der Waals surface area (Å²) in [7, 11) is 0. The van der Waals surface area contributed by atoms with Crippen LogP contribution < -0.4 is 0 Å². The van der Waals surface area contributed by atoms with Crippen molar-refractivity contribution in [3.05, 3.63) is 60.7 Å². The summed E-state index contributed by atoms with van der Waals surface area (Å²) in [5.74, 6) is 0. The van der Waals surface area contributed by atoms with E-state index in [2.05, 4.69) is 53.3 Å². The minimum atomic E-state index is -1.21. The van der Waals surface area contributed by atoms with Gasteiger partial charge < -0.3 is 9.84 Å². The molecule has 3 nitrogen and oxygen atoms in total. The molecule has 0 aliphatic rings. The van der Waals surface area contributed by atoms with E-state index < -0.39 is 6.16 Å². The van der Waals surface area contributed by atoms with Gasteiger partial charge in [0, 0.05) is 0 Å². The van der Waals surface area contributed by atoms with E-state index in [0.29, 0.717) is 0 Å². The molecule has 0 atom stereocenters. The molecule has 2 aromatic rings. The molecule has 0 amide bonds. The van der Waals surface area contributed by atoms with Gasteiger partial charge in [0.25, 0.3) is 0 Å². The zero-order valence-corrected chi connectivity index (χ0v) is 10.2. The van der Waals surface area contributed by atoms with Crippen LogP contribution in [0.2, 0.25) is 0 Å². The summed E-state index contributed by atoms with van der Waals surface area (Å²) in [4.78, 5) is 9.38. The van der Waals surface area contributed by atoms with Gasteiger partial charge in [-0.05, 0) is 18.1 Å². The Labute approximate surface area is 107 Å².